The molecule has 0 aliphatic carbocycles. The van der Waals surface area contributed by atoms with Crippen molar-refractivity contribution < 1.29 is 0 Å². The van der Waals surface area contributed by atoms with Gasteiger partial charge in [0.15, 0.2) is 0 Å². The average molecular weight is 273 g/mol. The molecule has 1 aromatic carbocycles. The molecule has 0 bridgehead atoms. The molecule has 2 aliphatic rings. The predicted octanol–water partition coefficient (Wildman–Crippen LogP) is 4.44. The number of hydrogen-bond donors (Lipinski definition) is 0. The highest BCUT2D eigenvalue weighted by atomic mass is 28.3. The fourth-order valence-electron chi connectivity index (χ4n) is 4.32. The van der Waals surface area contributed by atoms with Crippen LogP contribution in [0.1, 0.15) is 30.9 Å². The standard InChI is InChI=1S/C17H27NSi/c1-17(13-19(2,3)4)10-12-18-11-6-8-14-7-5-9-15(17)16(14)18/h5,7,9H,6,8,10-13H2,1-4H3. The minimum Gasteiger partial charge on any atom is -0.371 e. The van der Waals surface area contributed by atoms with Crippen molar-refractivity contribution in [2.24, 2.45) is 0 Å². The van der Waals surface area contributed by atoms with E-state index >= 15 is 0 Å². The molecule has 2 heteroatoms. The number of anilines is 1. The van der Waals surface area contributed by atoms with E-state index in [0.717, 1.165) is 0 Å². The van der Waals surface area contributed by atoms with Crippen molar-refractivity contribution in [2.45, 2.75) is 57.3 Å². The lowest BCUT2D eigenvalue weighted by molar-refractivity contribution is 0.440. The Hall–Kier alpha value is -0.763. The van der Waals surface area contributed by atoms with Crippen LogP contribution < -0.4 is 4.90 Å². The van der Waals surface area contributed by atoms with Crippen LogP contribution in [0, 0.1) is 0 Å². The number of rotatable bonds is 2. The normalized spacial score (nSPS) is 26.2. The molecule has 0 N–H and O–H groups in total. The predicted molar refractivity (Wildman–Crippen MR) is 87.1 cm³/mol. The first-order chi connectivity index (χ1) is 8.89. The monoisotopic (exact) mass is 273 g/mol. The fourth-order valence-corrected chi connectivity index (χ4v) is 7.03. The first-order valence-electron chi connectivity index (χ1n) is 7.76. The molecular weight excluding hydrogens is 246 g/mol. The summed E-state index contributed by atoms with van der Waals surface area (Å²) in [5.41, 5.74) is 5.29. The lowest BCUT2D eigenvalue weighted by atomic mass is 9.75. The minimum absolute atomic E-state index is 0.420. The van der Waals surface area contributed by atoms with Crippen LogP contribution in [0.15, 0.2) is 18.2 Å². The van der Waals surface area contributed by atoms with E-state index in [1.807, 2.05) is 0 Å². The van der Waals surface area contributed by atoms with Gasteiger partial charge < -0.3 is 4.90 Å². The Morgan fingerprint density at radius 2 is 2.00 bits per heavy atom. The highest BCUT2D eigenvalue weighted by Gasteiger charge is 2.39. The topological polar surface area (TPSA) is 3.24 Å². The second kappa shape index (κ2) is 4.37. The molecule has 1 aromatic rings. The fraction of sp³-hybridized carbons (Fsp3) is 0.647. The molecule has 0 aromatic heterocycles. The lowest BCUT2D eigenvalue weighted by Crippen LogP contribution is -2.44. The first-order valence-corrected chi connectivity index (χ1v) is 11.5. The summed E-state index contributed by atoms with van der Waals surface area (Å²) in [5, 5.41) is 0. The largest absolute Gasteiger partial charge is 0.371 e. The Labute approximate surface area is 119 Å². The van der Waals surface area contributed by atoms with E-state index in [0.29, 0.717) is 5.41 Å². The van der Waals surface area contributed by atoms with Crippen LogP contribution >= 0.6 is 0 Å². The molecule has 0 amide bonds. The third-order valence-electron chi connectivity index (χ3n) is 4.81. The Morgan fingerprint density at radius 1 is 1.21 bits per heavy atom. The summed E-state index contributed by atoms with van der Waals surface area (Å²) in [6.45, 7) is 12.6. The van der Waals surface area contributed by atoms with Crippen molar-refractivity contribution in [2.75, 3.05) is 18.0 Å². The van der Waals surface area contributed by atoms with Gasteiger partial charge in [0.1, 0.15) is 0 Å². The van der Waals surface area contributed by atoms with Gasteiger partial charge in [0.05, 0.1) is 0 Å². The van der Waals surface area contributed by atoms with E-state index in [2.05, 4.69) is 49.7 Å². The molecule has 19 heavy (non-hydrogen) atoms. The molecule has 2 heterocycles. The van der Waals surface area contributed by atoms with Gasteiger partial charge in [0.25, 0.3) is 0 Å². The Kier molecular flexibility index (Phi) is 3.04. The number of nitrogens with zero attached hydrogens (tertiary/aromatic N) is 1. The van der Waals surface area contributed by atoms with Gasteiger partial charge in [-0.3, -0.25) is 0 Å². The number of hydrogen-bond acceptors (Lipinski definition) is 1. The maximum atomic E-state index is 2.65. The Morgan fingerprint density at radius 3 is 2.74 bits per heavy atom. The molecule has 2 aliphatic heterocycles. The van der Waals surface area contributed by atoms with Gasteiger partial charge in [-0.15, -0.1) is 0 Å². The molecule has 1 unspecified atom stereocenters. The van der Waals surface area contributed by atoms with Gasteiger partial charge in [-0.05, 0) is 41.8 Å². The van der Waals surface area contributed by atoms with E-state index in [1.165, 1.54) is 38.4 Å². The molecule has 0 fully saturated rings. The Balaban J connectivity index is 2.07. The lowest BCUT2D eigenvalue weighted by Gasteiger charge is -2.47. The molecule has 3 rings (SSSR count). The molecule has 0 radical (unpaired) electrons. The summed E-state index contributed by atoms with van der Waals surface area (Å²) in [5.74, 6) is 0. The van der Waals surface area contributed by atoms with Crippen molar-refractivity contribution >= 4 is 13.8 Å². The van der Waals surface area contributed by atoms with E-state index in [1.54, 1.807) is 16.8 Å². The number of aryl methyl sites for hydroxylation is 1. The van der Waals surface area contributed by atoms with Crippen LogP contribution in [-0.4, -0.2) is 21.2 Å². The molecule has 0 saturated heterocycles. The number of para-hydroxylation sites is 1. The minimum atomic E-state index is -1.04. The smallest absolute Gasteiger partial charge is 0.0451 e. The number of benzene rings is 1. The highest BCUT2D eigenvalue weighted by Crippen LogP contribution is 2.47. The van der Waals surface area contributed by atoms with E-state index in [-0.39, 0.29) is 0 Å². The van der Waals surface area contributed by atoms with E-state index < -0.39 is 8.07 Å². The van der Waals surface area contributed by atoms with Crippen molar-refractivity contribution in [3.05, 3.63) is 29.3 Å². The maximum Gasteiger partial charge on any atom is 0.0451 e. The summed E-state index contributed by atoms with van der Waals surface area (Å²) < 4.78 is 0. The van der Waals surface area contributed by atoms with Crippen LogP contribution in [0.5, 0.6) is 0 Å². The van der Waals surface area contributed by atoms with Gasteiger partial charge in [-0.2, -0.15) is 0 Å². The van der Waals surface area contributed by atoms with E-state index in [9.17, 15) is 0 Å². The zero-order valence-corrected chi connectivity index (χ0v) is 13.9. The molecular formula is C17H27NSi. The van der Waals surface area contributed by atoms with Crippen LogP contribution in [0.4, 0.5) is 5.69 Å². The molecule has 1 atom stereocenters. The van der Waals surface area contributed by atoms with Crippen molar-refractivity contribution in [3.8, 4) is 0 Å². The second-order valence-corrected chi connectivity index (χ2v) is 13.4. The van der Waals surface area contributed by atoms with Gasteiger partial charge >= 0.3 is 0 Å². The van der Waals surface area contributed by atoms with E-state index in [4.69, 9.17) is 0 Å². The highest BCUT2D eigenvalue weighted by molar-refractivity contribution is 6.76. The summed E-state index contributed by atoms with van der Waals surface area (Å²) in [4.78, 5) is 2.65. The summed E-state index contributed by atoms with van der Waals surface area (Å²) in [7, 11) is -1.04. The van der Waals surface area contributed by atoms with Crippen LogP contribution in [0.2, 0.25) is 25.7 Å². The van der Waals surface area contributed by atoms with Gasteiger partial charge in [-0.1, -0.05) is 44.8 Å². The van der Waals surface area contributed by atoms with Crippen molar-refractivity contribution in [1.82, 2.24) is 0 Å². The zero-order chi connectivity index (χ0) is 13.7. The summed E-state index contributed by atoms with van der Waals surface area (Å²) >= 11 is 0. The van der Waals surface area contributed by atoms with Crippen molar-refractivity contribution in [3.63, 3.8) is 0 Å². The molecule has 0 spiro atoms. The van der Waals surface area contributed by atoms with Crippen molar-refractivity contribution in [1.29, 1.82) is 0 Å². The molecule has 0 saturated carbocycles. The van der Waals surface area contributed by atoms with Crippen LogP contribution in [0.25, 0.3) is 0 Å². The molecule has 104 valence electrons. The third kappa shape index (κ3) is 2.35. The van der Waals surface area contributed by atoms with Crippen LogP contribution in [-0.2, 0) is 11.8 Å². The van der Waals surface area contributed by atoms with Gasteiger partial charge in [0.2, 0.25) is 0 Å². The van der Waals surface area contributed by atoms with Gasteiger partial charge in [0, 0.05) is 26.9 Å². The Bertz CT molecular complexity index is 489. The van der Waals surface area contributed by atoms with Gasteiger partial charge in [-0.25, -0.2) is 0 Å². The summed E-state index contributed by atoms with van der Waals surface area (Å²) in [6.07, 6.45) is 3.96. The second-order valence-electron chi connectivity index (χ2n) is 7.95. The third-order valence-corrected chi connectivity index (χ3v) is 6.66. The zero-order valence-electron chi connectivity index (χ0n) is 12.9. The maximum absolute atomic E-state index is 2.65. The summed E-state index contributed by atoms with van der Waals surface area (Å²) in [6, 6.07) is 8.48. The molecule has 1 nitrogen and oxygen atoms in total. The van der Waals surface area contributed by atoms with Crippen LogP contribution in [0.3, 0.4) is 0 Å². The quantitative estimate of drug-likeness (QED) is 0.720. The SMILES string of the molecule is CC1(C[Si](C)(C)C)CCN2CCCc3cccc1c32. The first kappa shape index (κ1) is 13.2. The average Bonchev–Trinajstić information content (AvgIpc) is 2.32.